The Morgan fingerprint density at radius 2 is 2.14 bits per heavy atom. The SMILES string of the molecule is Cc1cc(C(=O)CCN2CCCC2CCC(=O)O)ccc1F. The molecule has 2 rings (SSSR count). The Bertz CT molecular complexity index is 559. The summed E-state index contributed by atoms with van der Waals surface area (Å²) in [6.45, 7) is 3.20. The maximum absolute atomic E-state index is 13.2. The fraction of sp³-hybridized carbons (Fsp3) is 0.529. The molecule has 1 heterocycles. The summed E-state index contributed by atoms with van der Waals surface area (Å²) < 4.78 is 13.2. The molecule has 1 aliphatic heterocycles. The zero-order chi connectivity index (χ0) is 16.1. The number of halogens is 1. The smallest absolute Gasteiger partial charge is 0.303 e. The van der Waals surface area contributed by atoms with E-state index >= 15 is 0 Å². The highest BCUT2D eigenvalue weighted by molar-refractivity contribution is 5.96. The van der Waals surface area contributed by atoms with Crippen molar-refractivity contribution in [1.82, 2.24) is 4.90 Å². The van der Waals surface area contributed by atoms with Gasteiger partial charge in [0.1, 0.15) is 5.82 Å². The summed E-state index contributed by atoms with van der Waals surface area (Å²) in [5.74, 6) is -1.07. The van der Waals surface area contributed by atoms with Gasteiger partial charge in [0, 0.05) is 31.0 Å². The standard InChI is InChI=1S/C17H22FNO3/c1-12-11-13(4-6-15(12)18)16(20)8-10-19-9-2-3-14(19)5-7-17(21)22/h4,6,11,14H,2-3,5,7-10H2,1H3,(H,21,22). The number of carbonyl (C=O) groups excluding carboxylic acids is 1. The van der Waals surface area contributed by atoms with Crippen molar-refractivity contribution in [3.05, 3.63) is 35.1 Å². The number of aliphatic carboxylic acids is 1. The van der Waals surface area contributed by atoms with Gasteiger partial charge >= 0.3 is 5.97 Å². The number of ketones is 1. The lowest BCUT2D eigenvalue weighted by Gasteiger charge is -2.23. The number of carboxylic acid groups (broad SMARTS) is 1. The van der Waals surface area contributed by atoms with Gasteiger partial charge in [-0.1, -0.05) is 0 Å². The number of carbonyl (C=O) groups is 2. The molecule has 1 unspecified atom stereocenters. The highest BCUT2D eigenvalue weighted by atomic mass is 19.1. The Kier molecular flexibility index (Phi) is 5.66. The minimum atomic E-state index is -0.773. The van der Waals surface area contributed by atoms with Crippen LogP contribution in [0.4, 0.5) is 4.39 Å². The average Bonchev–Trinajstić information content (AvgIpc) is 2.93. The van der Waals surface area contributed by atoms with Crippen molar-refractivity contribution in [1.29, 1.82) is 0 Å². The molecular formula is C17H22FNO3. The van der Waals surface area contributed by atoms with Gasteiger partial charge in [0.15, 0.2) is 5.78 Å². The van der Waals surface area contributed by atoms with Crippen LogP contribution in [-0.2, 0) is 4.79 Å². The molecule has 0 amide bonds. The van der Waals surface area contributed by atoms with Gasteiger partial charge in [-0.05, 0) is 56.5 Å². The fourth-order valence-electron chi connectivity index (χ4n) is 3.01. The molecule has 1 aliphatic rings. The zero-order valence-electron chi connectivity index (χ0n) is 12.8. The number of likely N-dealkylation sites (tertiary alicyclic amines) is 1. The van der Waals surface area contributed by atoms with Crippen LogP contribution in [0.2, 0.25) is 0 Å². The van der Waals surface area contributed by atoms with E-state index in [9.17, 15) is 14.0 Å². The Morgan fingerprint density at radius 1 is 1.36 bits per heavy atom. The second kappa shape index (κ2) is 7.49. The summed E-state index contributed by atoms with van der Waals surface area (Å²) in [6, 6.07) is 4.70. The van der Waals surface area contributed by atoms with Gasteiger partial charge in [0.05, 0.1) is 0 Å². The lowest BCUT2D eigenvalue weighted by atomic mass is 10.0. The number of Topliss-reactive ketones (excluding diaryl/α,β-unsaturated/α-hetero) is 1. The van der Waals surface area contributed by atoms with Gasteiger partial charge in [-0.2, -0.15) is 0 Å². The Hall–Kier alpha value is -1.75. The molecule has 1 aromatic carbocycles. The second-order valence-corrected chi connectivity index (χ2v) is 5.90. The lowest BCUT2D eigenvalue weighted by molar-refractivity contribution is -0.137. The summed E-state index contributed by atoms with van der Waals surface area (Å²) in [4.78, 5) is 25.1. The summed E-state index contributed by atoms with van der Waals surface area (Å²) in [6.07, 6.45) is 3.24. The average molecular weight is 307 g/mol. The van der Waals surface area contributed by atoms with E-state index in [0.717, 1.165) is 19.4 Å². The van der Waals surface area contributed by atoms with Gasteiger partial charge in [0.2, 0.25) is 0 Å². The third-order valence-electron chi connectivity index (χ3n) is 4.30. The van der Waals surface area contributed by atoms with Gasteiger partial charge < -0.3 is 5.11 Å². The van der Waals surface area contributed by atoms with E-state index in [0.29, 0.717) is 30.5 Å². The fourth-order valence-corrected chi connectivity index (χ4v) is 3.01. The quantitative estimate of drug-likeness (QED) is 0.787. The molecule has 120 valence electrons. The first kappa shape index (κ1) is 16.6. The molecular weight excluding hydrogens is 285 g/mol. The summed E-state index contributed by atoms with van der Waals surface area (Å²) in [5, 5.41) is 8.77. The first-order chi connectivity index (χ1) is 10.5. The summed E-state index contributed by atoms with van der Waals surface area (Å²) in [5.41, 5.74) is 1.02. The molecule has 5 heteroatoms. The first-order valence-electron chi connectivity index (χ1n) is 7.72. The van der Waals surface area contributed by atoms with Gasteiger partial charge in [-0.25, -0.2) is 4.39 Å². The van der Waals surface area contributed by atoms with Crippen LogP contribution in [0.5, 0.6) is 0 Å². The highest BCUT2D eigenvalue weighted by Gasteiger charge is 2.25. The van der Waals surface area contributed by atoms with Crippen molar-refractivity contribution < 1.29 is 19.1 Å². The predicted octanol–water partition coefficient (Wildman–Crippen LogP) is 3.04. The monoisotopic (exact) mass is 307 g/mol. The van der Waals surface area contributed by atoms with E-state index < -0.39 is 5.97 Å². The Morgan fingerprint density at radius 3 is 2.82 bits per heavy atom. The van der Waals surface area contributed by atoms with Crippen molar-refractivity contribution in [2.45, 2.75) is 45.1 Å². The van der Waals surface area contributed by atoms with Crippen LogP contribution in [0.25, 0.3) is 0 Å². The first-order valence-corrected chi connectivity index (χ1v) is 7.72. The zero-order valence-corrected chi connectivity index (χ0v) is 12.8. The molecule has 4 nitrogen and oxygen atoms in total. The van der Waals surface area contributed by atoms with Crippen molar-refractivity contribution >= 4 is 11.8 Å². The molecule has 1 aromatic rings. The van der Waals surface area contributed by atoms with Crippen molar-refractivity contribution in [2.24, 2.45) is 0 Å². The second-order valence-electron chi connectivity index (χ2n) is 5.90. The molecule has 1 N–H and O–H groups in total. The maximum Gasteiger partial charge on any atom is 0.303 e. The number of rotatable bonds is 7. The predicted molar refractivity (Wildman–Crippen MR) is 81.5 cm³/mol. The van der Waals surface area contributed by atoms with Crippen LogP contribution in [0.1, 0.15) is 48.0 Å². The van der Waals surface area contributed by atoms with Crippen molar-refractivity contribution in [3.8, 4) is 0 Å². The highest BCUT2D eigenvalue weighted by Crippen LogP contribution is 2.22. The van der Waals surface area contributed by atoms with Crippen LogP contribution in [0.15, 0.2) is 18.2 Å². The molecule has 1 saturated heterocycles. The van der Waals surface area contributed by atoms with Gasteiger partial charge in [-0.15, -0.1) is 0 Å². The molecule has 0 bridgehead atoms. The minimum absolute atomic E-state index is 0.00647. The number of hydrogen-bond donors (Lipinski definition) is 1. The molecule has 1 atom stereocenters. The van der Waals surface area contributed by atoms with E-state index in [-0.39, 0.29) is 24.1 Å². The molecule has 0 spiro atoms. The Balaban J connectivity index is 1.87. The molecule has 1 fully saturated rings. The van der Waals surface area contributed by atoms with E-state index in [1.54, 1.807) is 13.0 Å². The van der Waals surface area contributed by atoms with Crippen LogP contribution in [-0.4, -0.2) is 40.9 Å². The van der Waals surface area contributed by atoms with Crippen LogP contribution in [0, 0.1) is 12.7 Å². The molecule has 0 saturated carbocycles. The third kappa shape index (κ3) is 4.37. The van der Waals surface area contributed by atoms with Crippen molar-refractivity contribution in [2.75, 3.05) is 13.1 Å². The van der Waals surface area contributed by atoms with Gasteiger partial charge in [-0.3, -0.25) is 14.5 Å². The lowest BCUT2D eigenvalue weighted by Crippen LogP contribution is -2.32. The third-order valence-corrected chi connectivity index (χ3v) is 4.30. The van der Waals surface area contributed by atoms with Gasteiger partial charge in [0.25, 0.3) is 0 Å². The van der Waals surface area contributed by atoms with E-state index in [4.69, 9.17) is 5.11 Å². The minimum Gasteiger partial charge on any atom is -0.481 e. The van der Waals surface area contributed by atoms with E-state index in [1.807, 2.05) is 0 Å². The van der Waals surface area contributed by atoms with E-state index in [2.05, 4.69) is 4.90 Å². The largest absolute Gasteiger partial charge is 0.481 e. The van der Waals surface area contributed by atoms with E-state index in [1.165, 1.54) is 12.1 Å². The molecule has 0 aromatic heterocycles. The number of nitrogens with zero attached hydrogens (tertiary/aromatic N) is 1. The van der Waals surface area contributed by atoms with Crippen molar-refractivity contribution in [3.63, 3.8) is 0 Å². The topological polar surface area (TPSA) is 57.6 Å². The number of aryl methyl sites for hydroxylation is 1. The Labute approximate surface area is 129 Å². The van der Waals surface area contributed by atoms with Crippen LogP contribution < -0.4 is 0 Å². The normalized spacial score (nSPS) is 18.5. The number of hydrogen-bond acceptors (Lipinski definition) is 3. The van der Waals surface area contributed by atoms with Crippen LogP contribution in [0.3, 0.4) is 0 Å². The molecule has 0 aliphatic carbocycles. The molecule has 22 heavy (non-hydrogen) atoms. The summed E-state index contributed by atoms with van der Waals surface area (Å²) >= 11 is 0. The van der Waals surface area contributed by atoms with Crippen LogP contribution >= 0.6 is 0 Å². The maximum atomic E-state index is 13.2. The number of benzene rings is 1. The summed E-state index contributed by atoms with van der Waals surface area (Å²) in [7, 11) is 0. The number of carboxylic acids is 1. The molecule has 0 radical (unpaired) electrons.